The number of amides is 3. The topological polar surface area (TPSA) is 101 Å². The fourth-order valence-corrected chi connectivity index (χ4v) is 1.92. The number of hydrogen-bond donors (Lipinski definition) is 3. The van der Waals surface area contributed by atoms with Crippen molar-refractivity contribution in [3.05, 3.63) is 29.3 Å². The van der Waals surface area contributed by atoms with Crippen LogP contribution in [0.5, 0.6) is 0 Å². The van der Waals surface area contributed by atoms with Crippen LogP contribution in [0.2, 0.25) is 0 Å². The van der Waals surface area contributed by atoms with E-state index in [9.17, 15) is 14.4 Å². The van der Waals surface area contributed by atoms with Gasteiger partial charge < -0.3 is 16.4 Å². The number of carbonyl (C=O) groups excluding carboxylic acids is 3. The third kappa shape index (κ3) is 3.31. The largest absolute Gasteiger partial charge is 0.370 e. The summed E-state index contributed by atoms with van der Waals surface area (Å²) in [4.78, 5) is 33.6. The van der Waals surface area contributed by atoms with Crippen molar-refractivity contribution < 1.29 is 14.4 Å². The van der Waals surface area contributed by atoms with Gasteiger partial charge in [0.2, 0.25) is 11.8 Å². The van der Waals surface area contributed by atoms with Crippen molar-refractivity contribution in [1.29, 1.82) is 0 Å². The van der Waals surface area contributed by atoms with Crippen molar-refractivity contribution in [2.75, 3.05) is 11.9 Å². The Hall–Kier alpha value is -2.37. The number of nitrogens with two attached hydrogens (primary N) is 1. The summed E-state index contributed by atoms with van der Waals surface area (Å²) in [5.74, 6) is -0.670. The van der Waals surface area contributed by atoms with Crippen molar-refractivity contribution in [1.82, 2.24) is 5.32 Å². The first-order valence-electron chi connectivity index (χ1n) is 6.05. The molecule has 0 saturated heterocycles. The highest BCUT2D eigenvalue weighted by molar-refractivity contribution is 6.02. The molecule has 0 aromatic heterocycles. The van der Waals surface area contributed by atoms with Gasteiger partial charge in [0.05, 0.1) is 6.42 Å². The Balaban J connectivity index is 1.91. The number of rotatable bonds is 5. The number of nitrogens with one attached hydrogen (secondary N) is 2. The number of primary amides is 1. The Morgan fingerprint density at radius 2 is 2.16 bits per heavy atom. The molecule has 1 aliphatic heterocycles. The van der Waals surface area contributed by atoms with Gasteiger partial charge in [-0.3, -0.25) is 14.4 Å². The van der Waals surface area contributed by atoms with Gasteiger partial charge in [0.15, 0.2) is 0 Å². The summed E-state index contributed by atoms with van der Waals surface area (Å²) in [6, 6.07) is 5.11. The molecule has 1 aliphatic rings. The molecule has 0 aliphatic carbocycles. The smallest absolute Gasteiger partial charge is 0.251 e. The second kappa shape index (κ2) is 5.51. The monoisotopic (exact) mass is 261 g/mol. The minimum absolute atomic E-state index is 0.0611. The van der Waals surface area contributed by atoms with Crippen LogP contribution in [0.3, 0.4) is 0 Å². The Morgan fingerprint density at radius 1 is 1.37 bits per heavy atom. The zero-order chi connectivity index (χ0) is 13.8. The molecule has 1 heterocycles. The molecule has 2 rings (SSSR count). The molecule has 0 atom stereocenters. The lowest BCUT2D eigenvalue weighted by molar-refractivity contribution is -0.118. The lowest BCUT2D eigenvalue weighted by Crippen LogP contribution is -2.25. The maximum absolute atomic E-state index is 11.8. The number of carbonyl (C=O) groups is 3. The zero-order valence-electron chi connectivity index (χ0n) is 10.4. The number of fused-ring (bicyclic) bond motifs is 1. The van der Waals surface area contributed by atoms with E-state index in [1.807, 2.05) is 0 Å². The number of anilines is 1. The summed E-state index contributed by atoms with van der Waals surface area (Å²) < 4.78 is 0. The van der Waals surface area contributed by atoms with E-state index in [1.165, 1.54) is 0 Å². The summed E-state index contributed by atoms with van der Waals surface area (Å²) in [6.07, 6.45) is 1.12. The van der Waals surface area contributed by atoms with Gasteiger partial charge in [0.25, 0.3) is 5.91 Å². The van der Waals surface area contributed by atoms with Crippen molar-refractivity contribution in [2.45, 2.75) is 19.3 Å². The molecule has 100 valence electrons. The SMILES string of the molecule is NC(=O)CCCNC(=O)c1ccc2c(c1)NC(=O)C2. The molecule has 1 aromatic carbocycles. The molecule has 0 radical (unpaired) electrons. The lowest BCUT2D eigenvalue weighted by atomic mass is 10.1. The summed E-state index contributed by atoms with van der Waals surface area (Å²) in [7, 11) is 0. The number of hydrogen-bond acceptors (Lipinski definition) is 3. The maximum Gasteiger partial charge on any atom is 0.251 e. The quantitative estimate of drug-likeness (QED) is 0.659. The first-order chi connectivity index (χ1) is 9.06. The zero-order valence-corrected chi connectivity index (χ0v) is 10.4. The van der Waals surface area contributed by atoms with Gasteiger partial charge in [-0.1, -0.05) is 6.07 Å². The summed E-state index contributed by atoms with van der Waals surface area (Å²) in [5.41, 5.74) is 7.08. The van der Waals surface area contributed by atoms with Crippen LogP contribution in [-0.4, -0.2) is 24.3 Å². The Kier molecular flexibility index (Phi) is 3.79. The predicted molar refractivity (Wildman–Crippen MR) is 69.5 cm³/mol. The van der Waals surface area contributed by atoms with Crippen molar-refractivity contribution in [3.8, 4) is 0 Å². The van der Waals surface area contributed by atoms with E-state index in [4.69, 9.17) is 5.73 Å². The van der Waals surface area contributed by atoms with Crippen LogP contribution in [0.25, 0.3) is 0 Å². The standard InChI is InChI=1S/C13H15N3O3/c14-11(17)2-1-5-15-13(19)9-4-3-8-7-12(18)16-10(8)6-9/h3-4,6H,1-2,5,7H2,(H2,14,17)(H,15,19)(H,16,18). The molecular formula is C13H15N3O3. The summed E-state index contributed by atoms with van der Waals surface area (Å²) in [6.45, 7) is 0.394. The van der Waals surface area contributed by atoms with Crippen LogP contribution in [0, 0.1) is 0 Å². The highest BCUT2D eigenvalue weighted by atomic mass is 16.2. The van der Waals surface area contributed by atoms with E-state index in [-0.39, 0.29) is 24.1 Å². The molecule has 0 unspecified atom stereocenters. The normalized spacial score (nSPS) is 12.7. The highest BCUT2D eigenvalue weighted by Crippen LogP contribution is 2.23. The molecule has 6 heteroatoms. The minimum atomic E-state index is -0.380. The average Bonchev–Trinajstić information content (AvgIpc) is 2.73. The van der Waals surface area contributed by atoms with Crippen LogP contribution < -0.4 is 16.4 Å². The van der Waals surface area contributed by atoms with E-state index in [2.05, 4.69) is 10.6 Å². The Labute approximate surface area is 110 Å². The van der Waals surface area contributed by atoms with E-state index >= 15 is 0 Å². The van der Waals surface area contributed by atoms with Gasteiger partial charge >= 0.3 is 0 Å². The minimum Gasteiger partial charge on any atom is -0.370 e. The third-order valence-electron chi connectivity index (χ3n) is 2.88. The van der Waals surface area contributed by atoms with Crippen LogP contribution >= 0.6 is 0 Å². The van der Waals surface area contributed by atoms with Gasteiger partial charge in [0, 0.05) is 24.2 Å². The molecule has 0 spiro atoms. The lowest BCUT2D eigenvalue weighted by Gasteiger charge is -2.06. The predicted octanol–water partition coefficient (Wildman–Crippen LogP) is 0.176. The molecule has 19 heavy (non-hydrogen) atoms. The Morgan fingerprint density at radius 3 is 2.89 bits per heavy atom. The van der Waals surface area contributed by atoms with E-state index in [0.717, 1.165) is 5.56 Å². The molecule has 6 nitrogen and oxygen atoms in total. The van der Waals surface area contributed by atoms with E-state index < -0.39 is 0 Å². The molecule has 1 aromatic rings. The molecule has 0 bridgehead atoms. The van der Waals surface area contributed by atoms with Crippen LogP contribution in [-0.2, 0) is 16.0 Å². The second-order valence-corrected chi connectivity index (χ2v) is 4.42. The number of benzene rings is 1. The van der Waals surface area contributed by atoms with Crippen LogP contribution in [0.1, 0.15) is 28.8 Å². The van der Waals surface area contributed by atoms with Crippen molar-refractivity contribution in [3.63, 3.8) is 0 Å². The summed E-state index contributed by atoms with van der Waals surface area (Å²) >= 11 is 0. The van der Waals surface area contributed by atoms with E-state index in [0.29, 0.717) is 30.6 Å². The van der Waals surface area contributed by atoms with Gasteiger partial charge in [-0.05, 0) is 24.1 Å². The fourth-order valence-electron chi connectivity index (χ4n) is 1.92. The van der Waals surface area contributed by atoms with Crippen molar-refractivity contribution >= 4 is 23.4 Å². The Bertz CT molecular complexity index is 540. The third-order valence-corrected chi connectivity index (χ3v) is 2.88. The molecule has 3 amide bonds. The van der Waals surface area contributed by atoms with E-state index in [1.54, 1.807) is 18.2 Å². The van der Waals surface area contributed by atoms with Gasteiger partial charge in [-0.2, -0.15) is 0 Å². The molecule has 0 fully saturated rings. The van der Waals surface area contributed by atoms with Crippen LogP contribution in [0.4, 0.5) is 5.69 Å². The van der Waals surface area contributed by atoms with Crippen molar-refractivity contribution in [2.24, 2.45) is 5.73 Å². The molecular weight excluding hydrogens is 246 g/mol. The first kappa shape index (κ1) is 13.1. The maximum atomic E-state index is 11.8. The van der Waals surface area contributed by atoms with Gasteiger partial charge in [-0.15, -0.1) is 0 Å². The van der Waals surface area contributed by atoms with Gasteiger partial charge in [0.1, 0.15) is 0 Å². The van der Waals surface area contributed by atoms with Gasteiger partial charge in [-0.25, -0.2) is 0 Å². The fraction of sp³-hybridized carbons (Fsp3) is 0.308. The second-order valence-electron chi connectivity index (χ2n) is 4.42. The van der Waals surface area contributed by atoms with Crippen LogP contribution in [0.15, 0.2) is 18.2 Å². The molecule has 4 N–H and O–H groups in total. The summed E-state index contributed by atoms with van der Waals surface area (Å²) in [5, 5.41) is 5.39. The highest BCUT2D eigenvalue weighted by Gasteiger charge is 2.18. The average molecular weight is 261 g/mol. The molecule has 0 saturated carbocycles. The first-order valence-corrected chi connectivity index (χ1v) is 6.05.